The lowest BCUT2D eigenvalue weighted by Gasteiger charge is -2.40. The number of hydrogen-bond acceptors (Lipinski definition) is 5. The van der Waals surface area contributed by atoms with E-state index < -0.39 is 5.82 Å². The number of fused-ring (bicyclic) bond motifs is 2. The predicted molar refractivity (Wildman–Crippen MR) is 138 cm³/mol. The molecular weight excluding hydrogens is 473 g/mol. The molecule has 1 spiro atoms. The van der Waals surface area contributed by atoms with Gasteiger partial charge in [-0.05, 0) is 63.5 Å². The Morgan fingerprint density at radius 2 is 1.95 bits per heavy atom. The summed E-state index contributed by atoms with van der Waals surface area (Å²) in [6, 6.07) is 5.36. The van der Waals surface area contributed by atoms with Crippen molar-refractivity contribution in [1.29, 1.82) is 0 Å². The SMILES string of the molecule is CCOc1cc(C(C)N2CC3(CC3)c3c(CN(C)C)cc(Cn4ccn(C)c4=O)cc3C2=O)ncc1F. The van der Waals surface area contributed by atoms with Crippen molar-refractivity contribution in [2.45, 2.75) is 51.2 Å². The van der Waals surface area contributed by atoms with Gasteiger partial charge in [-0.15, -0.1) is 0 Å². The summed E-state index contributed by atoms with van der Waals surface area (Å²) in [6.45, 7) is 5.78. The van der Waals surface area contributed by atoms with Crippen molar-refractivity contribution in [2.75, 3.05) is 27.2 Å². The van der Waals surface area contributed by atoms with E-state index in [4.69, 9.17) is 4.74 Å². The molecule has 3 heterocycles. The van der Waals surface area contributed by atoms with Gasteiger partial charge in [0, 0.05) is 49.6 Å². The fraction of sp³-hybridized carbons (Fsp3) is 0.464. The van der Waals surface area contributed by atoms with E-state index in [1.165, 1.54) is 0 Å². The third-order valence-electron chi connectivity index (χ3n) is 7.52. The number of amides is 1. The minimum atomic E-state index is -0.513. The molecule has 1 amide bonds. The maximum atomic E-state index is 14.2. The second kappa shape index (κ2) is 9.45. The van der Waals surface area contributed by atoms with Crippen molar-refractivity contribution >= 4 is 5.91 Å². The monoisotopic (exact) mass is 507 g/mol. The molecule has 3 aromatic rings. The van der Waals surface area contributed by atoms with Gasteiger partial charge in [0.15, 0.2) is 11.6 Å². The van der Waals surface area contributed by atoms with E-state index in [9.17, 15) is 14.0 Å². The molecule has 1 atom stereocenters. The summed E-state index contributed by atoms with van der Waals surface area (Å²) in [5.41, 5.74) is 4.30. The van der Waals surface area contributed by atoms with Gasteiger partial charge in [0.05, 0.1) is 31.1 Å². The van der Waals surface area contributed by atoms with E-state index in [0.717, 1.165) is 35.7 Å². The molecule has 9 heteroatoms. The molecule has 1 aliphatic heterocycles. The number of pyridine rings is 1. The summed E-state index contributed by atoms with van der Waals surface area (Å²) >= 11 is 0. The zero-order valence-corrected chi connectivity index (χ0v) is 22.1. The van der Waals surface area contributed by atoms with Gasteiger partial charge in [0.25, 0.3) is 5.91 Å². The summed E-state index contributed by atoms with van der Waals surface area (Å²) < 4.78 is 22.8. The lowest BCUT2D eigenvalue weighted by molar-refractivity contribution is 0.0633. The molecule has 196 valence electrons. The van der Waals surface area contributed by atoms with E-state index in [-0.39, 0.29) is 28.8 Å². The smallest absolute Gasteiger partial charge is 0.328 e. The van der Waals surface area contributed by atoms with Crippen molar-refractivity contribution in [3.63, 3.8) is 0 Å². The van der Waals surface area contributed by atoms with Crippen molar-refractivity contribution in [3.05, 3.63) is 81.0 Å². The van der Waals surface area contributed by atoms with Crippen LogP contribution in [-0.4, -0.2) is 57.1 Å². The Morgan fingerprint density at radius 3 is 2.57 bits per heavy atom. The van der Waals surface area contributed by atoms with Crippen LogP contribution in [0.5, 0.6) is 5.75 Å². The molecule has 1 saturated carbocycles. The number of halogens is 1. The van der Waals surface area contributed by atoms with Crippen LogP contribution in [0.25, 0.3) is 0 Å². The summed E-state index contributed by atoms with van der Waals surface area (Å²) in [6.07, 6.45) is 6.69. The van der Waals surface area contributed by atoms with Gasteiger partial charge in [-0.3, -0.25) is 14.3 Å². The van der Waals surface area contributed by atoms with Gasteiger partial charge >= 0.3 is 5.69 Å². The highest BCUT2D eigenvalue weighted by Gasteiger charge is 2.53. The van der Waals surface area contributed by atoms with Crippen LogP contribution in [0, 0.1) is 5.82 Å². The van der Waals surface area contributed by atoms with Crippen LogP contribution < -0.4 is 10.4 Å². The summed E-state index contributed by atoms with van der Waals surface area (Å²) in [4.78, 5) is 34.8. The van der Waals surface area contributed by atoms with Crippen LogP contribution in [0.1, 0.15) is 65.5 Å². The quantitative estimate of drug-likeness (QED) is 0.467. The third kappa shape index (κ3) is 4.56. The Labute approximate surface area is 216 Å². The molecule has 1 unspecified atom stereocenters. The van der Waals surface area contributed by atoms with E-state index in [1.807, 2.05) is 32.0 Å². The van der Waals surface area contributed by atoms with Crippen molar-refractivity contribution in [3.8, 4) is 5.75 Å². The average Bonchev–Trinajstić information content (AvgIpc) is 3.56. The molecule has 2 aliphatic rings. The number of benzene rings is 1. The summed E-state index contributed by atoms with van der Waals surface area (Å²) in [7, 11) is 5.77. The number of aryl methyl sites for hydroxylation is 1. The third-order valence-corrected chi connectivity index (χ3v) is 7.52. The summed E-state index contributed by atoms with van der Waals surface area (Å²) in [5, 5.41) is 0. The van der Waals surface area contributed by atoms with Crippen molar-refractivity contribution in [1.82, 2.24) is 23.9 Å². The van der Waals surface area contributed by atoms with Gasteiger partial charge in [-0.25, -0.2) is 9.18 Å². The van der Waals surface area contributed by atoms with Crippen molar-refractivity contribution < 1.29 is 13.9 Å². The number of hydrogen-bond donors (Lipinski definition) is 0. The van der Waals surface area contributed by atoms with Gasteiger partial charge in [0.2, 0.25) is 0 Å². The maximum Gasteiger partial charge on any atom is 0.328 e. The molecular formula is C28H34FN5O3. The molecule has 0 bridgehead atoms. The first kappa shape index (κ1) is 25.2. The lowest BCUT2D eigenvalue weighted by Crippen LogP contribution is -2.45. The Hall–Kier alpha value is -3.46. The molecule has 1 aliphatic carbocycles. The Bertz CT molecular complexity index is 1410. The minimum absolute atomic E-state index is 0.0635. The van der Waals surface area contributed by atoms with Crippen LogP contribution in [-0.2, 0) is 25.6 Å². The van der Waals surface area contributed by atoms with Crippen LogP contribution in [0.15, 0.2) is 41.6 Å². The molecule has 1 fully saturated rings. The second-order valence-corrected chi connectivity index (χ2v) is 10.6. The number of nitrogens with zero attached hydrogens (tertiary/aromatic N) is 5. The van der Waals surface area contributed by atoms with E-state index in [0.29, 0.717) is 37.5 Å². The zero-order chi connectivity index (χ0) is 26.5. The molecule has 2 aromatic heterocycles. The highest BCUT2D eigenvalue weighted by Crippen LogP contribution is 2.55. The normalized spacial score (nSPS) is 16.8. The lowest BCUT2D eigenvalue weighted by atomic mass is 9.81. The summed E-state index contributed by atoms with van der Waals surface area (Å²) in [5.74, 6) is -0.429. The molecule has 37 heavy (non-hydrogen) atoms. The van der Waals surface area contributed by atoms with Gasteiger partial charge in [-0.2, -0.15) is 0 Å². The predicted octanol–water partition coefficient (Wildman–Crippen LogP) is 3.48. The van der Waals surface area contributed by atoms with Crippen LogP contribution in [0.4, 0.5) is 4.39 Å². The molecule has 0 N–H and O–H groups in total. The highest BCUT2D eigenvalue weighted by atomic mass is 19.1. The van der Waals surface area contributed by atoms with Crippen LogP contribution in [0.2, 0.25) is 0 Å². The average molecular weight is 508 g/mol. The fourth-order valence-electron chi connectivity index (χ4n) is 5.54. The number of imidazole rings is 1. The highest BCUT2D eigenvalue weighted by molar-refractivity contribution is 5.98. The first-order valence-corrected chi connectivity index (χ1v) is 12.8. The van der Waals surface area contributed by atoms with Gasteiger partial charge in [0.1, 0.15) is 0 Å². The Morgan fingerprint density at radius 1 is 1.19 bits per heavy atom. The van der Waals surface area contributed by atoms with Crippen LogP contribution in [0.3, 0.4) is 0 Å². The standard InChI is InChI=1S/C28H34FN5O3/c1-6-37-24-13-23(30-14-22(24)29)18(2)34-17-28(7-8-28)25-20(16-31(3)4)11-19(12-21(25)26(34)35)15-33-10-9-32(5)27(33)36/h9-14,18H,6-8,15-17H2,1-5H3. The number of carbonyl (C=O) groups excluding carboxylic acids is 1. The minimum Gasteiger partial charge on any atom is -0.491 e. The second-order valence-electron chi connectivity index (χ2n) is 10.6. The Balaban J connectivity index is 1.56. The van der Waals surface area contributed by atoms with E-state index >= 15 is 0 Å². The van der Waals surface area contributed by atoms with Gasteiger partial charge < -0.3 is 19.1 Å². The molecule has 0 radical (unpaired) electrons. The van der Waals surface area contributed by atoms with Crippen LogP contribution >= 0.6 is 0 Å². The molecule has 1 aromatic carbocycles. The number of aromatic nitrogens is 3. The van der Waals surface area contributed by atoms with Gasteiger partial charge in [-0.1, -0.05) is 6.07 Å². The van der Waals surface area contributed by atoms with E-state index in [1.54, 1.807) is 41.6 Å². The number of carbonyl (C=O) groups is 1. The molecule has 5 rings (SSSR count). The first-order chi connectivity index (χ1) is 17.6. The largest absolute Gasteiger partial charge is 0.491 e. The number of ether oxygens (including phenoxy) is 1. The zero-order valence-electron chi connectivity index (χ0n) is 22.1. The van der Waals surface area contributed by atoms with Crippen molar-refractivity contribution in [2.24, 2.45) is 7.05 Å². The van der Waals surface area contributed by atoms with E-state index in [2.05, 4.69) is 16.0 Å². The first-order valence-electron chi connectivity index (χ1n) is 12.8. The Kier molecular flexibility index (Phi) is 6.43. The fourth-order valence-corrected chi connectivity index (χ4v) is 5.54. The number of rotatable bonds is 8. The maximum absolute atomic E-state index is 14.2. The topological polar surface area (TPSA) is 72.6 Å². The molecule has 0 saturated heterocycles. The molecule has 8 nitrogen and oxygen atoms in total.